The van der Waals surface area contributed by atoms with E-state index in [0.29, 0.717) is 11.4 Å². The Hall–Kier alpha value is -3.21. The maximum Gasteiger partial charge on any atom is 0.225 e. The molecule has 2 aromatic carbocycles. The molecule has 0 spiro atoms. The Kier molecular flexibility index (Phi) is 2.87. The number of aromatic nitrogens is 2. The molecule has 0 aliphatic carbocycles. The molecule has 2 heterocycles. The van der Waals surface area contributed by atoms with E-state index in [-0.39, 0.29) is 11.5 Å². The Morgan fingerprint density at radius 3 is 2.61 bits per heavy atom. The third kappa shape index (κ3) is 2.14. The maximum absolute atomic E-state index is 12.7. The minimum absolute atomic E-state index is 0.140. The number of fused-ring (bicyclic) bond motifs is 2. The fourth-order valence-electron chi connectivity index (χ4n) is 2.82. The molecule has 23 heavy (non-hydrogen) atoms. The van der Waals surface area contributed by atoms with Gasteiger partial charge in [0.05, 0.1) is 18.5 Å². The third-order valence-electron chi connectivity index (χ3n) is 3.94. The summed E-state index contributed by atoms with van der Waals surface area (Å²) in [6.45, 7) is 0. The van der Waals surface area contributed by atoms with Crippen LogP contribution in [0.1, 0.15) is 16.2 Å². The molecule has 5 nitrogen and oxygen atoms in total. The summed E-state index contributed by atoms with van der Waals surface area (Å²) in [6, 6.07) is 14.1. The van der Waals surface area contributed by atoms with Crippen molar-refractivity contribution in [2.75, 3.05) is 7.11 Å². The monoisotopic (exact) mass is 306 g/mol. The van der Waals surface area contributed by atoms with Gasteiger partial charge in [0, 0.05) is 21.8 Å². The van der Waals surface area contributed by atoms with Crippen LogP contribution >= 0.6 is 0 Å². The molecule has 0 fully saturated rings. The molecule has 2 aromatic heterocycles. The predicted octanol–water partition coefficient (Wildman–Crippen LogP) is 3.59. The molecule has 0 saturated carbocycles. The van der Waals surface area contributed by atoms with Crippen molar-refractivity contribution in [1.29, 1.82) is 0 Å². The summed E-state index contributed by atoms with van der Waals surface area (Å²) in [7, 11) is 1.60. The molecule has 4 rings (SSSR count). The van der Waals surface area contributed by atoms with E-state index in [2.05, 4.69) is 9.97 Å². The van der Waals surface area contributed by atoms with Gasteiger partial charge in [-0.1, -0.05) is 6.07 Å². The summed E-state index contributed by atoms with van der Waals surface area (Å²) in [4.78, 5) is 18.9. The number of hydrogen-bond acceptors (Lipinski definition) is 3. The van der Waals surface area contributed by atoms with E-state index in [1.165, 1.54) is 0 Å². The number of phenols is 1. The number of ether oxygens (including phenoxy) is 1. The van der Waals surface area contributed by atoms with Crippen LogP contribution in [0, 0.1) is 0 Å². The van der Waals surface area contributed by atoms with E-state index in [4.69, 9.17) is 4.74 Å². The zero-order valence-corrected chi connectivity index (χ0v) is 12.4. The number of aromatic amines is 2. The highest BCUT2D eigenvalue weighted by Crippen LogP contribution is 2.27. The van der Waals surface area contributed by atoms with E-state index < -0.39 is 0 Å². The SMILES string of the molecule is COc1cccc2[nH]c(C(=O)c3cc4cc(O)ccc4[nH]3)cc12. The first-order valence-electron chi connectivity index (χ1n) is 7.18. The topological polar surface area (TPSA) is 78.1 Å². The van der Waals surface area contributed by atoms with Crippen LogP contribution < -0.4 is 4.74 Å². The number of benzene rings is 2. The molecule has 0 unspecified atom stereocenters. The lowest BCUT2D eigenvalue weighted by molar-refractivity contribution is 0.103. The van der Waals surface area contributed by atoms with Crippen LogP contribution in [0.15, 0.2) is 48.5 Å². The van der Waals surface area contributed by atoms with Crippen molar-refractivity contribution in [3.63, 3.8) is 0 Å². The van der Waals surface area contributed by atoms with Crippen molar-refractivity contribution in [3.05, 3.63) is 59.9 Å². The van der Waals surface area contributed by atoms with Crippen molar-refractivity contribution >= 4 is 27.6 Å². The van der Waals surface area contributed by atoms with Gasteiger partial charge in [-0.3, -0.25) is 4.79 Å². The van der Waals surface area contributed by atoms with Crippen molar-refractivity contribution in [2.24, 2.45) is 0 Å². The summed E-state index contributed by atoms with van der Waals surface area (Å²) in [6.07, 6.45) is 0. The van der Waals surface area contributed by atoms with E-state index in [1.54, 1.807) is 37.4 Å². The first kappa shape index (κ1) is 13.5. The Bertz CT molecular complexity index is 1040. The van der Waals surface area contributed by atoms with Gasteiger partial charge in [0.25, 0.3) is 0 Å². The number of aromatic hydroxyl groups is 1. The zero-order valence-electron chi connectivity index (χ0n) is 12.4. The van der Waals surface area contributed by atoms with Crippen LogP contribution in [0.5, 0.6) is 11.5 Å². The summed E-state index contributed by atoms with van der Waals surface area (Å²) in [5.41, 5.74) is 2.61. The lowest BCUT2D eigenvalue weighted by Crippen LogP contribution is -2.01. The highest BCUT2D eigenvalue weighted by molar-refractivity contribution is 6.11. The first-order valence-corrected chi connectivity index (χ1v) is 7.18. The van der Waals surface area contributed by atoms with E-state index >= 15 is 0 Å². The number of carbonyl (C=O) groups is 1. The van der Waals surface area contributed by atoms with Gasteiger partial charge >= 0.3 is 0 Å². The largest absolute Gasteiger partial charge is 0.508 e. The van der Waals surface area contributed by atoms with Gasteiger partial charge in [-0.05, 0) is 42.5 Å². The van der Waals surface area contributed by atoms with Gasteiger partial charge < -0.3 is 19.8 Å². The molecule has 5 heteroatoms. The fourth-order valence-corrected chi connectivity index (χ4v) is 2.82. The number of phenolic OH excluding ortho intramolecular Hbond substituents is 1. The second-order valence-electron chi connectivity index (χ2n) is 5.39. The van der Waals surface area contributed by atoms with Gasteiger partial charge in [0.2, 0.25) is 5.78 Å². The normalized spacial score (nSPS) is 11.2. The average molecular weight is 306 g/mol. The van der Waals surface area contributed by atoms with Gasteiger partial charge in [0.15, 0.2) is 0 Å². The number of methoxy groups -OCH3 is 1. The van der Waals surface area contributed by atoms with Crippen LogP contribution in [-0.2, 0) is 0 Å². The Morgan fingerprint density at radius 2 is 1.78 bits per heavy atom. The zero-order chi connectivity index (χ0) is 16.0. The maximum atomic E-state index is 12.7. The molecule has 0 aliphatic heterocycles. The van der Waals surface area contributed by atoms with Gasteiger partial charge in [0.1, 0.15) is 11.5 Å². The van der Waals surface area contributed by atoms with E-state index in [0.717, 1.165) is 27.6 Å². The van der Waals surface area contributed by atoms with Gasteiger partial charge in [-0.2, -0.15) is 0 Å². The quantitative estimate of drug-likeness (QED) is 0.506. The Balaban J connectivity index is 1.81. The molecular weight excluding hydrogens is 292 g/mol. The summed E-state index contributed by atoms with van der Waals surface area (Å²) in [5, 5.41) is 11.2. The molecule has 0 aliphatic rings. The highest BCUT2D eigenvalue weighted by Gasteiger charge is 2.16. The summed E-state index contributed by atoms with van der Waals surface area (Å²) >= 11 is 0. The number of rotatable bonds is 3. The molecule has 4 aromatic rings. The summed E-state index contributed by atoms with van der Waals surface area (Å²) < 4.78 is 5.32. The molecule has 114 valence electrons. The fraction of sp³-hybridized carbons (Fsp3) is 0.0556. The minimum atomic E-state index is -0.140. The molecule has 3 N–H and O–H groups in total. The molecular formula is C18H14N2O3. The standard InChI is InChI=1S/C18H14N2O3/c1-23-17-4-2-3-14-12(17)9-16(20-14)18(22)15-8-10-7-11(21)5-6-13(10)19-15/h2-9,19-21H,1H3. The number of nitrogens with one attached hydrogen (secondary N) is 2. The van der Waals surface area contributed by atoms with Crippen LogP contribution in [-0.4, -0.2) is 28.0 Å². The van der Waals surface area contributed by atoms with E-state index in [9.17, 15) is 9.90 Å². The molecule has 0 saturated heterocycles. The highest BCUT2D eigenvalue weighted by atomic mass is 16.5. The van der Waals surface area contributed by atoms with Crippen LogP contribution in [0.2, 0.25) is 0 Å². The van der Waals surface area contributed by atoms with E-state index in [1.807, 2.05) is 18.2 Å². The van der Waals surface area contributed by atoms with Crippen molar-refractivity contribution in [3.8, 4) is 11.5 Å². The molecule has 0 amide bonds. The summed E-state index contributed by atoms with van der Waals surface area (Å²) in [5.74, 6) is 0.754. The van der Waals surface area contributed by atoms with Crippen LogP contribution in [0.4, 0.5) is 0 Å². The average Bonchev–Trinajstić information content (AvgIpc) is 3.16. The number of carbonyl (C=O) groups excluding carboxylic acids is 1. The molecule has 0 radical (unpaired) electrons. The van der Waals surface area contributed by atoms with Crippen molar-refractivity contribution < 1.29 is 14.6 Å². The second kappa shape index (κ2) is 4.91. The first-order chi connectivity index (χ1) is 11.2. The van der Waals surface area contributed by atoms with Gasteiger partial charge in [-0.15, -0.1) is 0 Å². The Labute approximate surface area is 131 Å². The lowest BCUT2D eigenvalue weighted by atomic mass is 10.2. The minimum Gasteiger partial charge on any atom is -0.508 e. The number of H-pyrrole nitrogens is 2. The molecule has 0 atom stereocenters. The van der Waals surface area contributed by atoms with Crippen molar-refractivity contribution in [1.82, 2.24) is 9.97 Å². The lowest BCUT2D eigenvalue weighted by Gasteiger charge is -1.99. The predicted molar refractivity (Wildman–Crippen MR) is 88.2 cm³/mol. The van der Waals surface area contributed by atoms with Crippen LogP contribution in [0.3, 0.4) is 0 Å². The van der Waals surface area contributed by atoms with Gasteiger partial charge in [-0.25, -0.2) is 0 Å². The smallest absolute Gasteiger partial charge is 0.225 e. The third-order valence-corrected chi connectivity index (χ3v) is 3.94. The number of hydrogen-bond donors (Lipinski definition) is 3. The van der Waals surface area contributed by atoms with Crippen molar-refractivity contribution in [2.45, 2.75) is 0 Å². The Morgan fingerprint density at radius 1 is 1.00 bits per heavy atom. The molecule has 0 bridgehead atoms. The second-order valence-corrected chi connectivity index (χ2v) is 5.39. The van der Waals surface area contributed by atoms with Crippen LogP contribution in [0.25, 0.3) is 21.8 Å². The number of ketones is 1.